The minimum atomic E-state index is -0.987. The van der Waals surface area contributed by atoms with Crippen LogP contribution in [-0.4, -0.2) is 27.8 Å². The Hall–Kier alpha value is -1.69. The van der Waals surface area contributed by atoms with E-state index in [9.17, 15) is 14.4 Å². The fourth-order valence-corrected chi connectivity index (χ4v) is 3.73. The van der Waals surface area contributed by atoms with Gasteiger partial charge >= 0.3 is 5.97 Å². The number of rotatable bonds is 3. The Labute approximate surface area is 113 Å². The number of thiophene rings is 1. The van der Waals surface area contributed by atoms with E-state index in [4.69, 9.17) is 5.11 Å². The Balaban J connectivity index is 1.77. The highest BCUT2D eigenvalue weighted by molar-refractivity contribution is 7.13. The number of fused-ring (bicyclic) bond motifs is 1. The van der Waals surface area contributed by atoms with E-state index in [1.165, 1.54) is 11.0 Å². The molecule has 0 bridgehead atoms. The number of piperidine rings is 1. The van der Waals surface area contributed by atoms with Crippen LogP contribution in [0.3, 0.4) is 0 Å². The predicted molar refractivity (Wildman–Crippen MR) is 67.6 cm³/mol. The molecule has 19 heavy (non-hydrogen) atoms. The average molecular weight is 279 g/mol. The van der Waals surface area contributed by atoms with Crippen LogP contribution in [0.15, 0.2) is 12.1 Å². The normalized spacial score (nSPS) is 27.6. The van der Waals surface area contributed by atoms with Crippen LogP contribution in [0.2, 0.25) is 0 Å². The number of likely N-dealkylation sites (tertiary alicyclic amines) is 1. The molecule has 1 N–H and O–H groups in total. The second-order valence-corrected chi connectivity index (χ2v) is 6.78. The van der Waals surface area contributed by atoms with Gasteiger partial charge in [-0.15, -0.1) is 11.3 Å². The fraction of sp³-hybridized carbons (Fsp3) is 0.462. The summed E-state index contributed by atoms with van der Waals surface area (Å²) < 4.78 is 0. The summed E-state index contributed by atoms with van der Waals surface area (Å²) in [5.74, 6) is -1.59. The molecule has 1 aliphatic carbocycles. The molecule has 2 atom stereocenters. The number of carboxylic acids is 1. The van der Waals surface area contributed by atoms with Crippen molar-refractivity contribution in [2.75, 3.05) is 0 Å². The summed E-state index contributed by atoms with van der Waals surface area (Å²) in [5, 5.41) is 8.84. The van der Waals surface area contributed by atoms with E-state index in [1.54, 1.807) is 6.07 Å². The highest BCUT2D eigenvalue weighted by Crippen LogP contribution is 2.63. The molecule has 5 nitrogen and oxygen atoms in total. The third-order valence-electron chi connectivity index (χ3n) is 4.08. The molecule has 100 valence electrons. The molecule has 1 saturated carbocycles. The summed E-state index contributed by atoms with van der Waals surface area (Å²) in [5.41, 5.74) is -0.202. The molecule has 2 fully saturated rings. The number of imide groups is 1. The van der Waals surface area contributed by atoms with Gasteiger partial charge in [0.1, 0.15) is 4.88 Å². The minimum absolute atomic E-state index is 0.120. The zero-order valence-corrected chi connectivity index (χ0v) is 11.4. The molecular weight excluding hydrogens is 266 g/mol. The number of carboxylic acid groups (broad SMARTS) is 1. The standard InChI is InChI=1S/C13H13NO4S/c1-13(2)8-9(13)11(16)14(10(8)15)5-6-3-4-7(19-6)12(17)18/h3-4,8-9H,5H2,1-2H3,(H,17,18). The predicted octanol–water partition coefficient (Wildman–Crippen LogP) is 1.59. The molecule has 1 aromatic rings. The van der Waals surface area contributed by atoms with Gasteiger partial charge in [-0.1, -0.05) is 13.8 Å². The summed E-state index contributed by atoms with van der Waals surface area (Å²) in [6.45, 7) is 4.06. The third kappa shape index (κ3) is 1.63. The first-order valence-corrected chi connectivity index (χ1v) is 6.83. The van der Waals surface area contributed by atoms with Crippen molar-refractivity contribution < 1.29 is 19.5 Å². The molecule has 2 unspecified atom stereocenters. The van der Waals surface area contributed by atoms with Gasteiger partial charge in [0.25, 0.3) is 0 Å². The molecule has 6 heteroatoms. The number of carbonyl (C=O) groups is 3. The van der Waals surface area contributed by atoms with Crippen molar-refractivity contribution in [3.63, 3.8) is 0 Å². The lowest BCUT2D eigenvalue weighted by molar-refractivity contribution is -0.143. The van der Waals surface area contributed by atoms with Crippen LogP contribution >= 0.6 is 11.3 Å². The molecule has 1 aliphatic heterocycles. The number of hydrogen-bond acceptors (Lipinski definition) is 4. The summed E-state index contributed by atoms with van der Waals surface area (Å²) in [4.78, 5) is 37.2. The van der Waals surface area contributed by atoms with E-state index in [0.29, 0.717) is 0 Å². The summed E-state index contributed by atoms with van der Waals surface area (Å²) in [6.07, 6.45) is 0. The third-order valence-corrected chi connectivity index (χ3v) is 5.14. The van der Waals surface area contributed by atoms with E-state index in [0.717, 1.165) is 16.2 Å². The van der Waals surface area contributed by atoms with Crippen LogP contribution in [0.4, 0.5) is 0 Å². The lowest BCUT2D eigenvalue weighted by Gasteiger charge is -2.19. The van der Waals surface area contributed by atoms with E-state index in [-0.39, 0.29) is 40.5 Å². The Morgan fingerprint density at radius 3 is 2.37 bits per heavy atom. The molecule has 2 amide bonds. The van der Waals surface area contributed by atoms with E-state index in [2.05, 4.69) is 0 Å². The molecule has 0 aromatic carbocycles. The number of hydrogen-bond donors (Lipinski definition) is 1. The zero-order valence-electron chi connectivity index (χ0n) is 10.5. The number of nitrogens with zero attached hydrogens (tertiary/aromatic N) is 1. The Morgan fingerprint density at radius 2 is 1.89 bits per heavy atom. The summed E-state index contributed by atoms with van der Waals surface area (Å²) in [6, 6.07) is 3.15. The van der Waals surface area contributed by atoms with Crippen LogP contribution in [0.5, 0.6) is 0 Å². The van der Waals surface area contributed by atoms with Gasteiger partial charge in [0.2, 0.25) is 11.8 Å². The molecule has 0 spiro atoms. The van der Waals surface area contributed by atoms with E-state index in [1.807, 2.05) is 13.8 Å². The lowest BCUT2D eigenvalue weighted by atomic mass is 10.1. The van der Waals surface area contributed by atoms with Crippen LogP contribution < -0.4 is 0 Å². The SMILES string of the molecule is CC1(C)C2C(=O)N(Cc3ccc(C(=O)O)s3)C(=O)C21. The number of carbonyl (C=O) groups excluding carboxylic acids is 2. The monoisotopic (exact) mass is 279 g/mol. The van der Waals surface area contributed by atoms with Crippen molar-refractivity contribution in [2.24, 2.45) is 17.3 Å². The van der Waals surface area contributed by atoms with Crippen molar-refractivity contribution in [2.45, 2.75) is 20.4 Å². The second-order valence-electron chi connectivity index (χ2n) is 5.61. The smallest absolute Gasteiger partial charge is 0.345 e. The first-order chi connectivity index (χ1) is 8.84. The Kier molecular flexibility index (Phi) is 2.38. The van der Waals surface area contributed by atoms with Crippen LogP contribution in [-0.2, 0) is 16.1 Å². The molecule has 1 aromatic heterocycles. The van der Waals surface area contributed by atoms with Crippen molar-refractivity contribution in [1.29, 1.82) is 0 Å². The lowest BCUT2D eigenvalue weighted by Crippen LogP contribution is -2.35. The maximum atomic E-state index is 12.1. The molecule has 0 radical (unpaired) electrons. The average Bonchev–Trinajstić information content (AvgIpc) is 2.66. The highest BCUT2D eigenvalue weighted by atomic mass is 32.1. The zero-order chi connectivity index (χ0) is 13.9. The molecule has 2 aliphatic rings. The van der Waals surface area contributed by atoms with Gasteiger partial charge < -0.3 is 5.11 Å². The Morgan fingerprint density at radius 1 is 1.32 bits per heavy atom. The van der Waals surface area contributed by atoms with Crippen molar-refractivity contribution in [3.8, 4) is 0 Å². The van der Waals surface area contributed by atoms with Gasteiger partial charge in [0.15, 0.2) is 0 Å². The van der Waals surface area contributed by atoms with Gasteiger partial charge in [-0.3, -0.25) is 14.5 Å². The quantitative estimate of drug-likeness (QED) is 0.853. The molecule has 1 saturated heterocycles. The Bertz CT molecular complexity index is 580. The highest BCUT2D eigenvalue weighted by Gasteiger charge is 2.72. The summed E-state index contributed by atoms with van der Waals surface area (Å²) in [7, 11) is 0. The first-order valence-electron chi connectivity index (χ1n) is 6.01. The van der Waals surface area contributed by atoms with Crippen molar-refractivity contribution in [3.05, 3.63) is 21.9 Å². The second kappa shape index (κ2) is 3.66. The maximum Gasteiger partial charge on any atom is 0.345 e. The van der Waals surface area contributed by atoms with Gasteiger partial charge in [0, 0.05) is 4.88 Å². The fourth-order valence-electron chi connectivity index (χ4n) is 2.89. The van der Waals surface area contributed by atoms with E-state index < -0.39 is 5.97 Å². The number of aromatic carboxylic acids is 1. The minimum Gasteiger partial charge on any atom is -0.477 e. The van der Waals surface area contributed by atoms with Gasteiger partial charge in [-0.05, 0) is 17.5 Å². The van der Waals surface area contributed by atoms with Crippen LogP contribution in [0, 0.1) is 17.3 Å². The maximum absolute atomic E-state index is 12.1. The summed E-state index contributed by atoms with van der Waals surface area (Å²) >= 11 is 1.10. The largest absolute Gasteiger partial charge is 0.477 e. The van der Waals surface area contributed by atoms with Gasteiger partial charge in [-0.25, -0.2) is 4.79 Å². The molecule has 3 rings (SSSR count). The van der Waals surface area contributed by atoms with Gasteiger partial charge in [0.05, 0.1) is 18.4 Å². The van der Waals surface area contributed by atoms with Crippen LogP contribution in [0.25, 0.3) is 0 Å². The van der Waals surface area contributed by atoms with Crippen LogP contribution in [0.1, 0.15) is 28.4 Å². The van der Waals surface area contributed by atoms with E-state index >= 15 is 0 Å². The topological polar surface area (TPSA) is 74.7 Å². The molecular formula is C13H13NO4S. The van der Waals surface area contributed by atoms with Crippen molar-refractivity contribution >= 4 is 29.1 Å². The molecule has 2 heterocycles. The van der Waals surface area contributed by atoms with Gasteiger partial charge in [-0.2, -0.15) is 0 Å². The van der Waals surface area contributed by atoms with Crippen molar-refractivity contribution in [1.82, 2.24) is 4.90 Å². The number of amides is 2. The first kappa shape index (κ1) is 12.3.